The van der Waals surface area contributed by atoms with E-state index in [1.54, 1.807) is 0 Å². The van der Waals surface area contributed by atoms with Gasteiger partial charge in [-0.3, -0.25) is 9.69 Å². The van der Waals surface area contributed by atoms with Crippen LogP contribution < -0.4 is 9.47 Å². The van der Waals surface area contributed by atoms with E-state index in [0.717, 1.165) is 58.7 Å². The molecule has 3 aromatic carbocycles. The van der Waals surface area contributed by atoms with Crippen LogP contribution in [0.5, 0.6) is 11.5 Å². The topological polar surface area (TPSA) is 38.8 Å². The van der Waals surface area contributed by atoms with Crippen LogP contribution >= 0.6 is 0 Å². The monoisotopic (exact) mass is 509 g/mol. The molecule has 5 rings (SSSR count). The van der Waals surface area contributed by atoms with E-state index in [2.05, 4.69) is 36.1 Å². The van der Waals surface area contributed by atoms with Crippen molar-refractivity contribution in [3.05, 3.63) is 101 Å². The lowest BCUT2D eigenvalue weighted by Gasteiger charge is -2.19. The number of hydrogen-bond acceptors (Lipinski definition) is 4. The molecule has 2 aliphatic rings. The van der Waals surface area contributed by atoms with E-state index in [-0.39, 0.29) is 5.78 Å². The van der Waals surface area contributed by atoms with Gasteiger partial charge in [-0.25, -0.2) is 0 Å². The van der Waals surface area contributed by atoms with Crippen molar-refractivity contribution < 1.29 is 14.3 Å². The van der Waals surface area contributed by atoms with E-state index in [1.165, 1.54) is 44.3 Å². The third-order valence-corrected chi connectivity index (χ3v) is 7.61. The van der Waals surface area contributed by atoms with Crippen LogP contribution in [0, 0.1) is 0 Å². The van der Waals surface area contributed by atoms with Crippen LogP contribution in [0.3, 0.4) is 0 Å². The first-order valence-corrected chi connectivity index (χ1v) is 14.3. The van der Waals surface area contributed by atoms with Crippen LogP contribution in [0.1, 0.15) is 72.5 Å². The lowest BCUT2D eigenvalue weighted by Crippen LogP contribution is -2.29. The van der Waals surface area contributed by atoms with Crippen LogP contribution in [-0.2, 0) is 6.42 Å². The molecular weight excluding hydrogens is 470 g/mol. The van der Waals surface area contributed by atoms with Gasteiger partial charge in [-0.1, -0.05) is 74.7 Å². The number of carbonyl (C=O) groups is 1. The Bertz CT molecular complexity index is 1240. The summed E-state index contributed by atoms with van der Waals surface area (Å²) in [6.07, 6.45) is 8.02. The summed E-state index contributed by atoms with van der Waals surface area (Å²) < 4.78 is 12.1. The fourth-order valence-corrected chi connectivity index (χ4v) is 5.47. The highest BCUT2D eigenvalue weighted by Crippen LogP contribution is 2.41. The molecule has 1 heterocycles. The van der Waals surface area contributed by atoms with Crippen molar-refractivity contribution in [3.63, 3.8) is 0 Å². The summed E-state index contributed by atoms with van der Waals surface area (Å²) in [5.41, 5.74) is 5.86. The Morgan fingerprint density at radius 1 is 0.816 bits per heavy atom. The van der Waals surface area contributed by atoms with Crippen LogP contribution in [0.25, 0.3) is 5.57 Å². The molecule has 0 bridgehead atoms. The molecule has 3 aromatic rings. The van der Waals surface area contributed by atoms with Crippen LogP contribution in [0.4, 0.5) is 0 Å². The molecule has 0 N–H and O–H groups in total. The van der Waals surface area contributed by atoms with Gasteiger partial charge in [0.05, 0.1) is 6.61 Å². The second-order valence-corrected chi connectivity index (χ2v) is 10.4. The summed E-state index contributed by atoms with van der Waals surface area (Å²) in [4.78, 5) is 16.2. The molecule has 198 valence electrons. The third kappa shape index (κ3) is 6.36. The largest absolute Gasteiger partial charge is 0.494 e. The SMILES string of the molecule is CCCCOc1ccc2c(c1)C(c1ccc(OCCN3CCCCCC3)cc1)=C(C(=O)c1ccccc1)C2. The van der Waals surface area contributed by atoms with Gasteiger partial charge in [0.25, 0.3) is 0 Å². The van der Waals surface area contributed by atoms with Crippen molar-refractivity contribution in [1.82, 2.24) is 4.90 Å². The van der Waals surface area contributed by atoms with Gasteiger partial charge in [0.15, 0.2) is 5.78 Å². The van der Waals surface area contributed by atoms with Gasteiger partial charge in [-0.15, -0.1) is 0 Å². The smallest absolute Gasteiger partial charge is 0.189 e. The van der Waals surface area contributed by atoms with E-state index in [1.807, 2.05) is 48.5 Å². The molecule has 4 nitrogen and oxygen atoms in total. The summed E-state index contributed by atoms with van der Waals surface area (Å²) in [5.74, 6) is 1.81. The minimum Gasteiger partial charge on any atom is -0.494 e. The van der Waals surface area contributed by atoms with Crippen molar-refractivity contribution >= 4 is 11.4 Å². The molecule has 1 fully saturated rings. The molecule has 0 spiro atoms. The number of hydrogen-bond donors (Lipinski definition) is 0. The molecule has 1 aliphatic carbocycles. The van der Waals surface area contributed by atoms with E-state index in [0.29, 0.717) is 19.6 Å². The summed E-state index contributed by atoms with van der Waals surface area (Å²) in [6, 6.07) is 24.1. The summed E-state index contributed by atoms with van der Waals surface area (Å²) in [5, 5.41) is 0. The molecule has 0 saturated carbocycles. The third-order valence-electron chi connectivity index (χ3n) is 7.61. The highest BCUT2D eigenvalue weighted by molar-refractivity contribution is 6.16. The van der Waals surface area contributed by atoms with E-state index < -0.39 is 0 Å². The molecule has 0 radical (unpaired) electrons. The number of benzene rings is 3. The molecule has 1 aliphatic heterocycles. The quantitative estimate of drug-likeness (QED) is 0.200. The van der Waals surface area contributed by atoms with Gasteiger partial charge >= 0.3 is 0 Å². The van der Waals surface area contributed by atoms with Crippen molar-refractivity contribution in [1.29, 1.82) is 0 Å². The van der Waals surface area contributed by atoms with Gasteiger partial charge in [-0.05, 0) is 78.9 Å². The number of nitrogens with zero attached hydrogens (tertiary/aromatic N) is 1. The maximum absolute atomic E-state index is 13.7. The van der Waals surface area contributed by atoms with Crippen LogP contribution in [0.2, 0.25) is 0 Å². The molecule has 0 amide bonds. The first kappa shape index (κ1) is 26.2. The first-order chi connectivity index (χ1) is 18.7. The summed E-state index contributed by atoms with van der Waals surface area (Å²) in [7, 11) is 0. The van der Waals surface area contributed by atoms with E-state index >= 15 is 0 Å². The fraction of sp³-hybridized carbons (Fsp3) is 0.382. The van der Waals surface area contributed by atoms with Crippen molar-refractivity contribution in [2.75, 3.05) is 32.8 Å². The van der Waals surface area contributed by atoms with E-state index in [4.69, 9.17) is 9.47 Å². The Labute approximate surface area is 227 Å². The van der Waals surface area contributed by atoms with Gasteiger partial charge in [-0.2, -0.15) is 0 Å². The molecule has 0 aromatic heterocycles. The average Bonchev–Trinajstić information content (AvgIpc) is 3.13. The number of ether oxygens (including phenoxy) is 2. The zero-order valence-electron chi connectivity index (χ0n) is 22.6. The standard InChI is InChI=1S/C34H39NO3/c1-2-3-22-37-30-18-15-28-24-32(34(36)27-11-7-6-8-12-27)33(31(28)25-30)26-13-16-29(17-14-26)38-23-21-35-19-9-4-5-10-20-35/h6-8,11-18,25H,2-5,9-10,19-24H2,1H3. The Morgan fingerprint density at radius 2 is 1.53 bits per heavy atom. The molecule has 0 atom stereocenters. The number of likely N-dealkylation sites (tertiary alicyclic amines) is 1. The van der Waals surface area contributed by atoms with E-state index in [9.17, 15) is 4.79 Å². The predicted molar refractivity (Wildman–Crippen MR) is 154 cm³/mol. The zero-order chi connectivity index (χ0) is 26.2. The van der Waals surface area contributed by atoms with Gasteiger partial charge < -0.3 is 9.47 Å². The first-order valence-electron chi connectivity index (χ1n) is 14.3. The summed E-state index contributed by atoms with van der Waals surface area (Å²) in [6.45, 7) is 6.89. The Morgan fingerprint density at radius 3 is 2.26 bits per heavy atom. The number of ketones is 1. The number of fused-ring (bicyclic) bond motifs is 1. The predicted octanol–water partition coefficient (Wildman–Crippen LogP) is 7.36. The van der Waals surface area contributed by atoms with Crippen LogP contribution in [-0.4, -0.2) is 43.5 Å². The summed E-state index contributed by atoms with van der Waals surface area (Å²) >= 11 is 0. The van der Waals surface area contributed by atoms with Gasteiger partial charge in [0.2, 0.25) is 0 Å². The molecule has 0 unspecified atom stereocenters. The average molecular weight is 510 g/mol. The Balaban J connectivity index is 1.38. The minimum absolute atomic E-state index is 0.0861. The highest BCUT2D eigenvalue weighted by atomic mass is 16.5. The zero-order valence-corrected chi connectivity index (χ0v) is 22.6. The second-order valence-electron chi connectivity index (χ2n) is 10.4. The lowest BCUT2D eigenvalue weighted by molar-refractivity contribution is 0.103. The minimum atomic E-state index is 0.0861. The molecule has 38 heavy (non-hydrogen) atoms. The fourth-order valence-electron chi connectivity index (χ4n) is 5.47. The molecular formula is C34H39NO3. The number of unbranched alkanes of at least 4 members (excludes halogenated alkanes) is 1. The van der Waals surface area contributed by atoms with Gasteiger partial charge in [0, 0.05) is 24.1 Å². The molecule has 1 saturated heterocycles. The Kier molecular flexibility index (Phi) is 8.93. The van der Waals surface area contributed by atoms with Gasteiger partial charge in [0.1, 0.15) is 18.1 Å². The van der Waals surface area contributed by atoms with Crippen molar-refractivity contribution in [2.24, 2.45) is 0 Å². The van der Waals surface area contributed by atoms with Crippen molar-refractivity contribution in [2.45, 2.75) is 51.9 Å². The number of carbonyl (C=O) groups excluding carboxylic acids is 1. The normalized spacial score (nSPS) is 15.7. The molecule has 4 heteroatoms. The second kappa shape index (κ2) is 12.9. The maximum Gasteiger partial charge on any atom is 0.189 e. The van der Waals surface area contributed by atoms with Crippen LogP contribution in [0.15, 0.2) is 78.4 Å². The number of rotatable bonds is 11. The highest BCUT2D eigenvalue weighted by Gasteiger charge is 2.28. The number of Topliss-reactive ketones (excluding diaryl/α,β-unsaturated/α-hetero) is 1. The number of allylic oxidation sites excluding steroid dienone is 1. The van der Waals surface area contributed by atoms with Crippen molar-refractivity contribution in [3.8, 4) is 11.5 Å². The lowest BCUT2D eigenvalue weighted by atomic mass is 9.94. The maximum atomic E-state index is 13.7. The Hall–Kier alpha value is -3.37.